The van der Waals surface area contributed by atoms with E-state index in [9.17, 15) is 18.4 Å². The van der Waals surface area contributed by atoms with Gasteiger partial charge in [0.05, 0.1) is 17.7 Å². The summed E-state index contributed by atoms with van der Waals surface area (Å²) >= 11 is 0. The van der Waals surface area contributed by atoms with E-state index in [0.29, 0.717) is 0 Å². The summed E-state index contributed by atoms with van der Waals surface area (Å²) in [5.41, 5.74) is -0.674. The highest BCUT2D eigenvalue weighted by atomic mass is 19.2. The molecule has 1 aromatic rings. The maximum Gasteiger partial charge on any atom is 0.251 e. The van der Waals surface area contributed by atoms with Crippen molar-refractivity contribution in [2.45, 2.75) is 12.5 Å². The zero-order valence-electron chi connectivity index (χ0n) is 9.91. The SMILES string of the molecule is CN1C(=O)CC(Nc2ccc(C#N)c(F)c2F)C1=O. The largest absolute Gasteiger partial charge is 0.371 e. The standard InChI is InChI=1S/C12H9F2N3O2/c1-17-9(18)4-8(12(17)19)16-7-3-2-6(5-15)10(13)11(7)14/h2-3,8,16H,4H2,1H3. The Morgan fingerprint density at radius 2 is 2.05 bits per heavy atom. The molecule has 0 aliphatic carbocycles. The van der Waals surface area contributed by atoms with Crippen LogP contribution in [0.1, 0.15) is 12.0 Å². The number of anilines is 1. The zero-order valence-corrected chi connectivity index (χ0v) is 9.91. The third kappa shape index (κ3) is 2.12. The van der Waals surface area contributed by atoms with Gasteiger partial charge in [0.1, 0.15) is 12.1 Å². The molecule has 0 aromatic heterocycles. The number of carbonyl (C=O) groups is 2. The fraction of sp³-hybridized carbons (Fsp3) is 0.250. The third-order valence-corrected chi connectivity index (χ3v) is 2.91. The molecular formula is C12H9F2N3O2. The van der Waals surface area contributed by atoms with E-state index >= 15 is 0 Å². The predicted molar refractivity (Wildman–Crippen MR) is 60.9 cm³/mol. The summed E-state index contributed by atoms with van der Waals surface area (Å²) in [7, 11) is 1.32. The molecule has 98 valence electrons. The van der Waals surface area contributed by atoms with Crippen molar-refractivity contribution in [3.05, 3.63) is 29.3 Å². The minimum Gasteiger partial charge on any atom is -0.371 e. The summed E-state index contributed by atoms with van der Waals surface area (Å²) in [5, 5.41) is 11.0. The summed E-state index contributed by atoms with van der Waals surface area (Å²) in [6.07, 6.45) is -0.115. The van der Waals surface area contributed by atoms with Crippen LogP contribution >= 0.6 is 0 Å². The molecule has 2 rings (SSSR count). The number of imide groups is 1. The van der Waals surface area contributed by atoms with E-state index < -0.39 is 35.1 Å². The summed E-state index contributed by atoms with van der Waals surface area (Å²) in [5.74, 6) is -3.42. The predicted octanol–water partition coefficient (Wildman–Crippen LogP) is 1.01. The molecule has 0 radical (unpaired) electrons. The van der Waals surface area contributed by atoms with Gasteiger partial charge in [-0.1, -0.05) is 0 Å². The van der Waals surface area contributed by atoms with Crippen LogP contribution in [0.2, 0.25) is 0 Å². The summed E-state index contributed by atoms with van der Waals surface area (Å²) in [4.78, 5) is 23.8. The number of carbonyl (C=O) groups excluding carboxylic acids is 2. The minimum atomic E-state index is -1.28. The molecule has 1 unspecified atom stereocenters. The van der Waals surface area contributed by atoms with Crippen molar-refractivity contribution < 1.29 is 18.4 Å². The van der Waals surface area contributed by atoms with E-state index in [2.05, 4.69) is 5.32 Å². The second kappa shape index (κ2) is 4.65. The fourth-order valence-corrected chi connectivity index (χ4v) is 1.80. The van der Waals surface area contributed by atoms with E-state index in [1.54, 1.807) is 0 Å². The van der Waals surface area contributed by atoms with Gasteiger partial charge in [0, 0.05) is 7.05 Å². The normalized spacial score (nSPS) is 18.6. The van der Waals surface area contributed by atoms with E-state index in [4.69, 9.17) is 5.26 Å². The van der Waals surface area contributed by atoms with Crippen molar-refractivity contribution in [1.82, 2.24) is 4.90 Å². The number of hydrogen-bond acceptors (Lipinski definition) is 4. The van der Waals surface area contributed by atoms with Crippen molar-refractivity contribution in [1.29, 1.82) is 5.26 Å². The smallest absolute Gasteiger partial charge is 0.251 e. The molecule has 5 nitrogen and oxygen atoms in total. The van der Waals surface area contributed by atoms with Crippen LogP contribution in [-0.2, 0) is 9.59 Å². The molecule has 1 saturated heterocycles. The first-order valence-corrected chi connectivity index (χ1v) is 5.40. The van der Waals surface area contributed by atoms with Crippen LogP contribution in [0.15, 0.2) is 12.1 Å². The van der Waals surface area contributed by atoms with Gasteiger partial charge in [-0.15, -0.1) is 0 Å². The fourth-order valence-electron chi connectivity index (χ4n) is 1.80. The molecule has 19 heavy (non-hydrogen) atoms. The van der Waals surface area contributed by atoms with Crippen LogP contribution in [0, 0.1) is 23.0 Å². The van der Waals surface area contributed by atoms with Crippen LogP contribution in [-0.4, -0.2) is 29.8 Å². The van der Waals surface area contributed by atoms with Gasteiger partial charge >= 0.3 is 0 Å². The third-order valence-electron chi connectivity index (χ3n) is 2.91. The lowest BCUT2D eigenvalue weighted by molar-refractivity contribution is -0.136. The zero-order chi connectivity index (χ0) is 14.2. The molecule has 1 N–H and O–H groups in total. The van der Waals surface area contributed by atoms with Gasteiger partial charge in [0.2, 0.25) is 5.91 Å². The van der Waals surface area contributed by atoms with Crippen molar-refractivity contribution in [3.63, 3.8) is 0 Å². The molecular weight excluding hydrogens is 256 g/mol. The number of rotatable bonds is 2. The Bertz CT molecular complexity index is 610. The van der Waals surface area contributed by atoms with Crippen LogP contribution in [0.5, 0.6) is 0 Å². The van der Waals surface area contributed by atoms with Gasteiger partial charge < -0.3 is 5.32 Å². The van der Waals surface area contributed by atoms with Gasteiger partial charge in [-0.3, -0.25) is 14.5 Å². The first-order valence-electron chi connectivity index (χ1n) is 5.40. The topological polar surface area (TPSA) is 73.2 Å². The van der Waals surface area contributed by atoms with Gasteiger partial charge in [-0.05, 0) is 12.1 Å². The summed E-state index contributed by atoms with van der Waals surface area (Å²) < 4.78 is 27.0. The number of likely N-dealkylation sites (N-methyl/N-ethyl adjacent to an activating group) is 1. The van der Waals surface area contributed by atoms with Crippen molar-refractivity contribution in [3.8, 4) is 6.07 Å². The number of amides is 2. The van der Waals surface area contributed by atoms with Crippen LogP contribution in [0.25, 0.3) is 0 Å². The van der Waals surface area contributed by atoms with Crippen molar-refractivity contribution in [2.75, 3.05) is 12.4 Å². The Hall–Kier alpha value is -2.49. The summed E-state index contributed by atoms with van der Waals surface area (Å²) in [6.45, 7) is 0. The van der Waals surface area contributed by atoms with E-state index in [1.165, 1.54) is 13.1 Å². The van der Waals surface area contributed by atoms with Gasteiger partial charge in [0.25, 0.3) is 5.91 Å². The molecule has 1 aromatic carbocycles. The number of benzene rings is 1. The summed E-state index contributed by atoms with van der Waals surface area (Å²) in [6, 6.07) is 2.85. The highest BCUT2D eigenvalue weighted by Gasteiger charge is 2.36. The number of nitrogens with one attached hydrogen (secondary N) is 1. The average molecular weight is 265 g/mol. The minimum absolute atomic E-state index is 0.115. The molecule has 2 amide bonds. The Morgan fingerprint density at radius 3 is 2.58 bits per heavy atom. The number of nitrogens with zero attached hydrogens (tertiary/aromatic N) is 2. The van der Waals surface area contributed by atoms with Gasteiger partial charge in [-0.25, -0.2) is 8.78 Å². The molecule has 1 aliphatic heterocycles. The Morgan fingerprint density at radius 1 is 1.37 bits per heavy atom. The number of likely N-dealkylation sites (tertiary alicyclic amines) is 1. The number of hydrogen-bond donors (Lipinski definition) is 1. The highest BCUT2D eigenvalue weighted by Crippen LogP contribution is 2.23. The van der Waals surface area contributed by atoms with Crippen molar-refractivity contribution in [2.24, 2.45) is 0 Å². The maximum absolute atomic E-state index is 13.6. The van der Waals surface area contributed by atoms with Gasteiger partial charge in [-0.2, -0.15) is 5.26 Å². The van der Waals surface area contributed by atoms with Crippen molar-refractivity contribution >= 4 is 17.5 Å². The maximum atomic E-state index is 13.6. The molecule has 1 aliphatic rings. The van der Waals surface area contributed by atoms with Crippen LogP contribution in [0.4, 0.5) is 14.5 Å². The van der Waals surface area contributed by atoms with Gasteiger partial charge in [0.15, 0.2) is 11.6 Å². The lowest BCUT2D eigenvalue weighted by Crippen LogP contribution is -2.32. The molecule has 7 heteroatoms. The first-order chi connectivity index (χ1) is 8.95. The number of halogens is 2. The lowest BCUT2D eigenvalue weighted by Gasteiger charge is -2.13. The Labute approximate surface area is 107 Å². The quantitative estimate of drug-likeness (QED) is 0.810. The molecule has 1 atom stereocenters. The molecule has 0 spiro atoms. The number of nitriles is 1. The Balaban J connectivity index is 2.26. The second-order valence-electron chi connectivity index (χ2n) is 4.09. The van der Waals surface area contributed by atoms with E-state index in [1.807, 2.05) is 0 Å². The monoisotopic (exact) mass is 265 g/mol. The molecule has 0 saturated carbocycles. The van der Waals surface area contributed by atoms with Crippen LogP contribution in [0.3, 0.4) is 0 Å². The van der Waals surface area contributed by atoms with E-state index in [-0.39, 0.29) is 12.1 Å². The first kappa shape index (κ1) is 13.0. The molecule has 0 bridgehead atoms. The second-order valence-corrected chi connectivity index (χ2v) is 4.09. The lowest BCUT2D eigenvalue weighted by atomic mass is 10.1. The van der Waals surface area contributed by atoms with Crippen LogP contribution < -0.4 is 5.32 Å². The van der Waals surface area contributed by atoms with E-state index in [0.717, 1.165) is 17.0 Å². The Kier molecular flexibility index (Phi) is 3.17. The molecule has 1 fully saturated rings. The average Bonchev–Trinajstić information content (AvgIpc) is 2.63. The highest BCUT2D eigenvalue weighted by molar-refractivity contribution is 6.06. The molecule has 1 heterocycles.